The first-order valence-electron chi connectivity index (χ1n) is 8.35. The number of nitrogens with one attached hydrogen (secondary N) is 1. The van der Waals surface area contributed by atoms with Gasteiger partial charge >= 0.3 is 0 Å². The first-order valence-corrected chi connectivity index (χ1v) is 8.35. The van der Waals surface area contributed by atoms with Gasteiger partial charge in [-0.15, -0.1) is 0 Å². The Morgan fingerprint density at radius 2 is 2.24 bits per heavy atom. The molecule has 3 N–H and O–H groups in total. The minimum atomic E-state index is -0.532. The van der Waals surface area contributed by atoms with Gasteiger partial charge < -0.3 is 15.8 Å². The Kier molecular flexibility index (Phi) is 4.96. The highest BCUT2D eigenvalue weighted by Crippen LogP contribution is 2.43. The molecular weight excluding hydrogens is 316 g/mol. The van der Waals surface area contributed by atoms with Gasteiger partial charge in [-0.2, -0.15) is 5.26 Å². The molecule has 25 heavy (non-hydrogen) atoms. The second-order valence-corrected chi connectivity index (χ2v) is 6.13. The zero-order valence-electron chi connectivity index (χ0n) is 14.0. The molecule has 0 saturated heterocycles. The summed E-state index contributed by atoms with van der Waals surface area (Å²) in [5.74, 6) is 1.30. The number of aromatic nitrogens is 1. The van der Waals surface area contributed by atoms with Crippen molar-refractivity contribution in [2.45, 2.75) is 38.1 Å². The van der Waals surface area contributed by atoms with Gasteiger partial charge in [-0.25, -0.2) is 4.98 Å². The van der Waals surface area contributed by atoms with Gasteiger partial charge in [0.25, 0.3) is 0 Å². The maximum Gasteiger partial charge on any atom is 0.241 e. The highest BCUT2D eigenvalue weighted by Gasteiger charge is 2.26. The molecule has 1 atom stereocenters. The largest absolute Gasteiger partial charge is 0.439 e. The zero-order chi connectivity index (χ0) is 17.8. The van der Waals surface area contributed by atoms with Crippen LogP contribution in [0.2, 0.25) is 0 Å². The maximum atomic E-state index is 11.8. The van der Waals surface area contributed by atoms with Crippen molar-refractivity contribution in [3.05, 3.63) is 47.7 Å². The van der Waals surface area contributed by atoms with Crippen molar-refractivity contribution in [1.29, 1.82) is 5.26 Å². The number of pyridine rings is 1. The lowest BCUT2D eigenvalue weighted by Gasteiger charge is -2.11. The fourth-order valence-electron chi connectivity index (χ4n) is 2.49. The van der Waals surface area contributed by atoms with Crippen LogP contribution in [0.25, 0.3) is 0 Å². The fourth-order valence-corrected chi connectivity index (χ4v) is 2.49. The number of carbonyl (C=O) groups is 1. The van der Waals surface area contributed by atoms with Crippen molar-refractivity contribution in [3.8, 4) is 17.7 Å². The summed E-state index contributed by atoms with van der Waals surface area (Å²) in [5.41, 5.74) is 7.99. The van der Waals surface area contributed by atoms with E-state index in [9.17, 15) is 10.1 Å². The van der Waals surface area contributed by atoms with E-state index in [4.69, 9.17) is 10.5 Å². The number of ether oxygens (including phenoxy) is 1. The second kappa shape index (κ2) is 7.32. The molecule has 1 heterocycles. The van der Waals surface area contributed by atoms with Crippen LogP contribution in [0.3, 0.4) is 0 Å². The topological polar surface area (TPSA) is 101 Å². The summed E-state index contributed by atoms with van der Waals surface area (Å²) in [6, 6.07) is 10.6. The van der Waals surface area contributed by atoms with Gasteiger partial charge in [-0.3, -0.25) is 4.79 Å². The molecule has 1 aliphatic rings. The second-order valence-electron chi connectivity index (χ2n) is 6.13. The number of benzene rings is 1. The van der Waals surface area contributed by atoms with Gasteiger partial charge in [0.2, 0.25) is 11.8 Å². The maximum absolute atomic E-state index is 11.8. The summed E-state index contributed by atoms with van der Waals surface area (Å²) in [7, 11) is 0. The van der Waals surface area contributed by atoms with Crippen molar-refractivity contribution in [1.82, 2.24) is 4.98 Å². The summed E-state index contributed by atoms with van der Waals surface area (Å²) in [5, 5.41) is 11.9. The van der Waals surface area contributed by atoms with Crippen LogP contribution in [-0.4, -0.2) is 16.9 Å². The third-order valence-corrected chi connectivity index (χ3v) is 4.16. The van der Waals surface area contributed by atoms with E-state index < -0.39 is 6.04 Å². The molecule has 0 bridgehead atoms. The number of carbonyl (C=O) groups excluding carboxylic acids is 1. The molecule has 0 radical (unpaired) electrons. The highest BCUT2D eigenvalue weighted by atomic mass is 16.5. The number of nitriles is 1. The SMILES string of the molecule is CCC(N)C(=O)Nc1ccc(Oc2ccc(C#N)c(C3CC3)c2)nc1. The van der Waals surface area contributed by atoms with E-state index in [0.29, 0.717) is 35.2 Å². The Morgan fingerprint density at radius 1 is 1.44 bits per heavy atom. The highest BCUT2D eigenvalue weighted by molar-refractivity contribution is 5.94. The van der Waals surface area contributed by atoms with E-state index in [1.807, 2.05) is 13.0 Å². The number of rotatable bonds is 6. The summed E-state index contributed by atoms with van der Waals surface area (Å²) in [4.78, 5) is 16.0. The van der Waals surface area contributed by atoms with Gasteiger partial charge in [0, 0.05) is 6.07 Å². The van der Waals surface area contributed by atoms with Crippen LogP contribution in [0.5, 0.6) is 11.6 Å². The molecule has 1 unspecified atom stereocenters. The Labute approximate surface area is 146 Å². The minimum absolute atomic E-state index is 0.237. The number of anilines is 1. The summed E-state index contributed by atoms with van der Waals surface area (Å²) < 4.78 is 5.77. The van der Waals surface area contributed by atoms with Crippen LogP contribution in [-0.2, 0) is 4.79 Å². The lowest BCUT2D eigenvalue weighted by Crippen LogP contribution is -2.34. The molecule has 3 rings (SSSR count). The van der Waals surface area contributed by atoms with Crippen LogP contribution in [0, 0.1) is 11.3 Å². The molecule has 6 heteroatoms. The number of amides is 1. The molecule has 1 aromatic heterocycles. The van der Waals surface area contributed by atoms with E-state index in [1.165, 1.54) is 6.20 Å². The Bertz CT molecular complexity index is 807. The summed E-state index contributed by atoms with van der Waals surface area (Å²) in [6.07, 6.45) is 4.33. The number of nitrogens with two attached hydrogens (primary N) is 1. The molecule has 1 saturated carbocycles. The Morgan fingerprint density at radius 3 is 2.84 bits per heavy atom. The number of nitrogens with zero attached hydrogens (tertiary/aromatic N) is 2. The molecule has 2 aromatic rings. The predicted octanol–water partition coefficient (Wildman–Crippen LogP) is 3.30. The molecular formula is C19H20N4O2. The van der Waals surface area contributed by atoms with Crippen LogP contribution in [0.1, 0.15) is 43.2 Å². The molecule has 1 amide bonds. The van der Waals surface area contributed by atoms with E-state index in [-0.39, 0.29) is 5.91 Å². The third-order valence-electron chi connectivity index (χ3n) is 4.16. The number of hydrogen-bond acceptors (Lipinski definition) is 5. The van der Waals surface area contributed by atoms with Gasteiger partial charge in [0.15, 0.2) is 0 Å². The molecule has 6 nitrogen and oxygen atoms in total. The standard InChI is InChI=1S/C19H20N4O2/c1-2-17(21)19(24)23-14-6-8-18(22-11-14)25-15-7-5-13(10-20)16(9-15)12-3-4-12/h5-9,11-12,17H,2-4,21H2,1H3,(H,23,24). The number of hydrogen-bond donors (Lipinski definition) is 2. The van der Waals surface area contributed by atoms with Crippen LogP contribution >= 0.6 is 0 Å². The van der Waals surface area contributed by atoms with E-state index in [1.54, 1.807) is 24.3 Å². The van der Waals surface area contributed by atoms with Gasteiger partial charge in [0.1, 0.15) is 5.75 Å². The average Bonchev–Trinajstić information content (AvgIpc) is 3.47. The molecule has 0 aliphatic heterocycles. The van der Waals surface area contributed by atoms with Crippen LogP contribution in [0.4, 0.5) is 5.69 Å². The van der Waals surface area contributed by atoms with Gasteiger partial charge in [-0.1, -0.05) is 6.92 Å². The molecule has 128 valence electrons. The van der Waals surface area contributed by atoms with Gasteiger partial charge in [-0.05, 0) is 55.0 Å². The van der Waals surface area contributed by atoms with Crippen molar-refractivity contribution in [2.75, 3.05) is 5.32 Å². The summed E-state index contributed by atoms with van der Waals surface area (Å²) in [6.45, 7) is 1.85. The molecule has 1 fully saturated rings. The van der Waals surface area contributed by atoms with E-state index >= 15 is 0 Å². The lowest BCUT2D eigenvalue weighted by atomic mass is 10.0. The third kappa shape index (κ3) is 4.14. The predicted molar refractivity (Wildman–Crippen MR) is 94.3 cm³/mol. The Balaban J connectivity index is 1.68. The van der Waals surface area contributed by atoms with Crippen LogP contribution < -0.4 is 15.8 Å². The Hall–Kier alpha value is -2.91. The monoisotopic (exact) mass is 336 g/mol. The fraction of sp³-hybridized carbons (Fsp3) is 0.316. The van der Waals surface area contributed by atoms with Gasteiger partial charge in [0.05, 0.1) is 29.6 Å². The normalized spacial score (nSPS) is 14.4. The average molecular weight is 336 g/mol. The molecule has 0 spiro atoms. The molecule has 1 aromatic carbocycles. The molecule has 1 aliphatic carbocycles. The van der Waals surface area contributed by atoms with E-state index in [0.717, 1.165) is 18.4 Å². The smallest absolute Gasteiger partial charge is 0.241 e. The van der Waals surface area contributed by atoms with Crippen molar-refractivity contribution in [3.63, 3.8) is 0 Å². The van der Waals surface area contributed by atoms with Crippen molar-refractivity contribution in [2.24, 2.45) is 5.73 Å². The quantitative estimate of drug-likeness (QED) is 0.843. The lowest BCUT2D eigenvalue weighted by molar-refractivity contribution is -0.117. The summed E-state index contributed by atoms with van der Waals surface area (Å²) >= 11 is 0. The van der Waals surface area contributed by atoms with E-state index in [2.05, 4.69) is 16.4 Å². The first-order chi connectivity index (χ1) is 12.1. The first kappa shape index (κ1) is 16.9. The van der Waals surface area contributed by atoms with Crippen molar-refractivity contribution >= 4 is 11.6 Å². The zero-order valence-corrected chi connectivity index (χ0v) is 14.0. The van der Waals surface area contributed by atoms with Crippen LogP contribution in [0.15, 0.2) is 36.5 Å². The van der Waals surface area contributed by atoms with Crippen molar-refractivity contribution < 1.29 is 9.53 Å². The minimum Gasteiger partial charge on any atom is -0.439 e.